The van der Waals surface area contributed by atoms with Gasteiger partial charge in [0, 0.05) is 24.9 Å². The van der Waals surface area contributed by atoms with Gasteiger partial charge in [-0.2, -0.15) is 11.8 Å². The molecule has 1 fully saturated rings. The van der Waals surface area contributed by atoms with E-state index in [1.165, 1.54) is 0 Å². The topological polar surface area (TPSA) is 69.6 Å². The number of thioether (sulfide) groups is 1. The molecule has 1 saturated heterocycles. The Hall–Kier alpha value is -0.910. The number of rotatable bonds is 6. The Kier molecular flexibility index (Phi) is 6.84. The van der Waals surface area contributed by atoms with Crippen molar-refractivity contribution in [1.82, 2.24) is 10.2 Å². The van der Waals surface area contributed by atoms with Crippen molar-refractivity contribution in [3.63, 3.8) is 0 Å². The van der Waals surface area contributed by atoms with Gasteiger partial charge < -0.3 is 15.3 Å². The summed E-state index contributed by atoms with van der Waals surface area (Å²) >= 11 is 1.72. The smallest absolute Gasteiger partial charge is 0.317 e. The molecule has 2 N–H and O–H groups in total. The molecule has 0 aromatic heterocycles. The summed E-state index contributed by atoms with van der Waals surface area (Å²) in [4.78, 5) is 25.5. The van der Waals surface area contributed by atoms with Crippen molar-refractivity contribution in [3.05, 3.63) is 0 Å². The Bertz CT molecular complexity index is 374. The number of urea groups is 1. The van der Waals surface area contributed by atoms with E-state index in [9.17, 15) is 14.7 Å². The average molecular weight is 316 g/mol. The minimum Gasteiger partial charge on any atom is -0.481 e. The van der Waals surface area contributed by atoms with Gasteiger partial charge in [0.2, 0.25) is 0 Å². The van der Waals surface area contributed by atoms with Gasteiger partial charge >= 0.3 is 12.0 Å². The summed E-state index contributed by atoms with van der Waals surface area (Å²) in [6.45, 7) is 6.82. The molecule has 1 aliphatic rings. The van der Waals surface area contributed by atoms with E-state index in [2.05, 4.69) is 12.2 Å². The molecule has 122 valence electrons. The molecule has 0 aromatic rings. The predicted octanol–water partition coefficient (Wildman–Crippen LogP) is 2.66. The van der Waals surface area contributed by atoms with Crippen LogP contribution in [0.2, 0.25) is 0 Å². The standard InChI is InChI=1S/C15H28N2O3S/c1-5-12(10-21-4)16-14(20)17-8-6-7-11(9-17)15(2,3)13(18)19/h11-12H,5-10H2,1-4H3,(H,16,20)(H,18,19). The fourth-order valence-corrected chi connectivity index (χ4v) is 3.38. The molecule has 2 amide bonds. The Morgan fingerprint density at radius 2 is 2.14 bits per heavy atom. The first-order valence-corrected chi connectivity index (χ1v) is 9.00. The second-order valence-corrected chi connectivity index (χ2v) is 7.23. The largest absolute Gasteiger partial charge is 0.481 e. The van der Waals surface area contributed by atoms with E-state index >= 15 is 0 Å². The number of carboxylic acid groups (broad SMARTS) is 1. The molecule has 21 heavy (non-hydrogen) atoms. The summed E-state index contributed by atoms with van der Waals surface area (Å²) in [7, 11) is 0. The van der Waals surface area contributed by atoms with Crippen LogP contribution in [0.4, 0.5) is 4.79 Å². The van der Waals surface area contributed by atoms with Crippen molar-refractivity contribution in [2.45, 2.75) is 46.1 Å². The van der Waals surface area contributed by atoms with E-state index in [-0.39, 0.29) is 18.0 Å². The van der Waals surface area contributed by atoms with Gasteiger partial charge in [-0.1, -0.05) is 6.92 Å². The lowest BCUT2D eigenvalue weighted by atomic mass is 9.74. The molecular weight excluding hydrogens is 288 g/mol. The Morgan fingerprint density at radius 1 is 1.48 bits per heavy atom. The Labute approximate surface area is 131 Å². The van der Waals surface area contributed by atoms with Gasteiger partial charge in [-0.3, -0.25) is 4.79 Å². The lowest BCUT2D eigenvalue weighted by Crippen LogP contribution is -2.52. The van der Waals surface area contributed by atoms with Crippen molar-refractivity contribution in [3.8, 4) is 0 Å². The van der Waals surface area contributed by atoms with Crippen LogP contribution >= 0.6 is 11.8 Å². The van der Waals surface area contributed by atoms with Crippen LogP contribution in [0.1, 0.15) is 40.0 Å². The third-order valence-electron chi connectivity index (χ3n) is 4.47. The molecule has 2 atom stereocenters. The molecule has 0 aromatic carbocycles. The van der Waals surface area contributed by atoms with Crippen LogP contribution in [0.25, 0.3) is 0 Å². The van der Waals surface area contributed by atoms with E-state index in [4.69, 9.17) is 0 Å². The summed E-state index contributed by atoms with van der Waals surface area (Å²) in [5, 5.41) is 12.4. The summed E-state index contributed by atoms with van der Waals surface area (Å²) < 4.78 is 0. The van der Waals surface area contributed by atoms with Crippen LogP contribution in [-0.2, 0) is 4.79 Å². The number of aliphatic carboxylic acids is 1. The van der Waals surface area contributed by atoms with Gasteiger partial charge in [-0.15, -0.1) is 0 Å². The fourth-order valence-electron chi connectivity index (χ4n) is 2.65. The second-order valence-electron chi connectivity index (χ2n) is 6.32. The molecule has 1 aliphatic heterocycles. The minimum absolute atomic E-state index is 0.00938. The highest BCUT2D eigenvalue weighted by Crippen LogP contribution is 2.34. The zero-order chi connectivity index (χ0) is 16.0. The first kappa shape index (κ1) is 18.1. The maximum absolute atomic E-state index is 12.3. The quantitative estimate of drug-likeness (QED) is 0.790. The number of carbonyl (C=O) groups excluding carboxylic acids is 1. The van der Waals surface area contributed by atoms with E-state index in [1.54, 1.807) is 30.5 Å². The van der Waals surface area contributed by atoms with Crippen molar-refractivity contribution >= 4 is 23.8 Å². The van der Waals surface area contributed by atoms with Gasteiger partial charge in [0.15, 0.2) is 0 Å². The normalized spacial score (nSPS) is 21.0. The molecule has 0 aliphatic carbocycles. The van der Waals surface area contributed by atoms with Gasteiger partial charge in [0.05, 0.1) is 5.41 Å². The SMILES string of the molecule is CCC(CSC)NC(=O)N1CCCC(C(C)(C)C(=O)O)C1. The summed E-state index contributed by atoms with van der Waals surface area (Å²) in [5.41, 5.74) is -0.789. The van der Waals surface area contributed by atoms with Gasteiger partial charge in [-0.25, -0.2) is 4.79 Å². The summed E-state index contributed by atoms with van der Waals surface area (Å²) in [6, 6.07) is 0.127. The molecular formula is C15H28N2O3S. The molecule has 0 spiro atoms. The number of carbonyl (C=O) groups is 2. The van der Waals surface area contributed by atoms with Gasteiger partial charge in [0.25, 0.3) is 0 Å². The molecule has 1 rings (SSSR count). The van der Waals surface area contributed by atoms with Crippen LogP contribution in [0.3, 0.4) is 0 Å². The van der Waals surface area contributed by atoms with Crippen LogP contribution < -0.4 is 5.32 Å². The van der Waals surface area contributed by atoms with Crippen molar-refractivity contribution in [2.24, 2.45) is 11.3 Å². The molecule has 1 heterocycles. The average Bonchev–Trinajstić information content (AvgIpc) is 2.46. The number of carboxylic acids is 1. The third kappa shape index (κ3) is 4.80. The maximum Gasteiger partial charge on any atom is 0.317 e. The lowest BCUT2D eigenvalue weighted by Gasteiger charge is -2.39. The van der Waals surface area contributed by atoms with Gasteiger partial charge in [-0.05, 0) is 45.3 Å². The van der Waals surface area contributed by atoms with Crippen LogP contribution in [0.5, 0.6) is 0 Å². The molecule has 0 radical (unpaired) electrons. The summed E-state index contributed by atoms with van der Waals surface area (Å²) in [6.07, 6.45) is 4.67. The number of nitrogens with zero attached hydrogens (tertiary/aromatic N) is 1. The van der Waals surface area contributed by atoms with E-state index in [1.807, 2.05) is 6.26 Å². The third-order valence-corrected chi connectivity index (χ3v) is 5.20. The minimum atomic E-state index is -0.789. The van der Waals surface area contributed by atoms with E-state index < -0.39 is 11.4 Å². The first-order chi connectivity index (χ1) is 9.82. The van der Waals surface area contributed by atoms with E-state index in [0.717, 1.165) is 25.0 Å². The Morgan fingerprint density at radius 3 is 2.67 bits per heavy atom. The number of nitrogens with one attached hydrogen (secondary N) is 1. The predicted molar refractivity (Wildman–Crippen MR) is 86.7 cm³/mol. The molecule has 2 unspecified atom stereocenters. The Balaban J connectivity index is 2.63. The number of amides is 2. The van der Waals surface area contributed by atoms with Crippen molar-refractivity contribution in [1.29, 1.82) is 0 Å². The van der Waals surface area contributed by atoms with Crippen LogP contribution in [0, 0.1) is 11.3 Å². The number of hydrogen-bond donors (Lipinski definition) is 2. The number of likely N-dealkylation sites (tertiary alicyclic amines) is 1. The highest BCUT2D eigenvalue weighted by molar-refractivity contribution is 7.98. The lowest BCUT2D eigenvalue weighted by molar-refractivity contribution is -0.151. The molecule has 0 saturated carbocycles. The van der Waals surface area contributed by atoms with Crippen molar-refractivity contribution < 1.29 is 14.7 Å². The fraction of sp³-hybridized carbons (Fsp3) is 0.867. The second kappa shape index (κ2) is 7.92. The van der Waals surface area contributed by atoms with Crippen LogP contribution in [-0.4, -0.2) is 53.1 Å². The number of piperidine rings is 1. The highest BCUT2D eigenvalue weighted by atomic mass is 32.2. The maximum atomic E-state index is 12.3. The molecule has 6 heteroatoms. The summed E-state index contributed by atoms with van der Waals surface area (Å²) in [5.74, 6) is 0.124. The zero-order valence-electron chi connectivity index (χ0n) is 13.5. The monoisotopic (exact) mass is 316 g/mol. The molecule has 5 nitrogen and oxygen atoms in total. The van der Waals surface area contributed by atoms with Crippen molar-refractivity contribution in [2.75, 3.05) is 25.1 Å². The molecule has 0 bridgehead atoms. The van der Waals surface area contributed by atoms with Crippen LogP contribution in [0.15, 0.2) is 0 Å². The first-order valence-electron chi connectivity index (χ1n) is 7.60. The van der Waals surface area contributed by atoms with Gasteiger partial charge in [0.1, 0.15) is 0 Å². The van der Waals surface area contributed by atoms with E-state index in [0.29, 0.717) is 13.1 Å². The highest BCUT2D eigenvalue weighted by Gasteiger charge is 2.40. The zero-order valence-corrected chi connectivity index (χ0v) is 14.3. The number of hydrogen-bond acceptors (Lipinski definition) is 3.